The predicted octanol–water partition coefficient (Wildman–Crippen LogP) is 3.65. The van der Waals surface area contributed by atoms with Gasteiger partial charge in [-0.15, -0.1) is 0 Å². The van der Waals surface area contributed by atoms with E-state index < -0.39 is 0 Å². The van der Waals surface area contributed by atoms with Crippen molar-refractivity contribution in [2.45, 2.75) is 44.6 Å². The Morgan fingerprint density at radius 1 is 1.26 bits per heavy atom. The molecule has 4 nitrogen and oxygen atoms in total. The second-order valence-electron chi connectivity index (χ2n) is 6.87. The van der Waals surface area contributed by atoms with Gasteiger partial charge in [0.05, 0.1) is 0 Å². The molecule has 1 aromatic carbocycles. The molecule has 0 N–H and O–H groups in total. The number of likely N-dealkylation sites (tertiary alicyclic amines) is 1. The first kappa shape index (κ1) is 14.5. The van der Waals surface area contributed by atoms with Crippen LogP contribution in [-0.4, -0.2) is 28.6 Å². The fourth-order valence-electron chi connectivity index (χ4n) is 3.58. The van der Waals surface area contributed by atoms with Crippen molar-refractivity contribution in [3.05, 3.63) is 53.4 Å². The van der Waals surface area contributed by atoms with E-state index in [0.717, 1.165) is 38.0 Å². The average Bonchev–Trinajstić information content (AvgIpc) is 3.20. The second-order valence-corrected chi connectivity index (χ2v) is 6.87. The lowest BCUT2D eigenvalue weighted by atomic mass is 9.93. The number of carbonyl (C=O) groups is 1. The third kappa shape index (κ3) is 2.90. The van der Waals surface area contributed by atoms with Gasteiger partial charge >= 0.3 is 0 Å². The van der Waals surface area contributed by atoms with E-state index in [-0.39, 0.29) is 11.9 Å². The summed E-state index contributed by atoms with van der Waals surface area (Å²) in [4.78, 5) is 14.7. The summed E-state index contributed by atoms with van der Waals surface area (Å²) < 4.78 is 5.33. The Hall–Kier alpha value is -2.10. The summed E-state index contributed by atoms with van der Waals surface area (Å²) in [5.41, 5.74) is 1.82. The van der Waals surface area contributed by atoms with Gasteiger partial charge in [0, 0.05) is 24.6 Å². The minimum absolute atomic E-state index is 0.0173. The molecular weight excluding hydrogens is 288 g/mol. The highest BCUT2D eigenvalue weighted by Crippen LogP contribution is 2.40. The Kier molecular flexibility index (Phi) is 3.68. The number of benzene rings is 1. The maximum Gasteiger partial charge on any atom is 0.276 e. The van der Waals surface area contributed by atoms with E-state index in [1.807, 2.05) is 17.0 Å². The third-order valence-electron chi connectivity index (χ3n) is 5.24. The Labute approximate surface area is 136 Å². The van der Waals surface area contributed by atoms with Gasteiger partial charge in [-0.05, 0) is 44.1 Å². The zero-order valence-electron chi connectivity index (χ0n) is 13.4. The second kappa shape index (κ2) is 5.84. The van der Waals surface area contributed by atoms with Crippen molar-refractivity contribution in [1.29, 1.82) is 0 Å². The zero-order valence-corrected chi connectivity index (χ0v) is 13.4. The first-order chi connectivity index (χ1) is 11.2. The van der Waals surface area contributed by atoms with Crippen LogP contribution in [0.25, 0.3) is 0 Å². The number of hydrogen-bond donors (Lipinski definition) is 0. The number of carbonyl (C=O) groups excluding carboxylic acids is 1. The van der Waals surface area contributed by atoms with Crippen LogP contribution in [0.5, 0.6) is 0 Å². The van der Waals surface area contributed by atoms with Gasteiger partial charge in [-0.1, -0.05) is 35.5 Å². The molecule has 0 bridgehead atoms. The minimum atomic E-state index is 0.0173. The van der Waals surface area contributed by atoms with Crippen LogP contribution in [-0.2, 0) is 6.42 Å². The molecule has 1 aromatic heterocycles. The van der Waals surface area contributed by atoms with E-state index in [1.54, 1.807) is 0 Å². The molecule has 1 saturated heterocycles. The fourth-order valence-corrected chi connectivity index (χ4v) is 3.58. The van der Waals surface area contributed by atoms with Crippen molar-refractivity contribution in [2.75, 3.05) is 6.54 Å². The van der Waals surface area contributed by atoms with Crippen LogP contribution in [0, 0.1) is 5.92 Å². The van der Waals surface area contributed by atoms with Gasteiger partial charge in [-0.25, -0.2) is 0 Å². The van der Waals surface area contributed by atoms with Gasteiger partial charge in [0.15, 0.2) is 5.69 Å². The van der Waals surface area contributed by atoms with Gasteiger partial charge in [0.1, 0.15) is 5.76 Å². The average molecular weight is 310 g/mol. The molecule has 23 heavy (non-hydrogen) atoms. The lowest BCUT2D eigenvalue weighted by Gasteiger charge is -2.24. The molecule has 1 amide bonds. The molecule has 1 saturated carbocycles. The number of hydrogen-bond acceptors (Lipinski definition) is 3. The molecule has 2 heterocycles. The van der Waals surface area contributed by atoms with Gasteiger partial charge in [-0.2, -0.15) is 0 Å². The first-order valence-electron chi connectivity index (χ1n) is 8.54. The molecule has 2 fully saturated rings. The molecule has 1 aliphatic carbocycles. The third-order valence-corrected chi connectivity index (χ3v) is 5.24. The fraction of sp³-hybridized carbons (Fsp3) is 0.474. The topological polar surface area (TPSA) is 46.3 Å². The van der Waals surface area contributed by atoms with Crippen molar-refractivity contribution in [3.63, 3.8) is 0 Å². The summed E-state index contributed by atoms with van der Waals surface area (Å²) in [7, 11) is 0. The van der Waals surface area contributed by atoms with Crippen LogP contribution in [0.4, 0.5) is 0 Å². The summed E-state index contributed by atoms with van der Waals surface area (Å²) in [5.74, 6) is 1.90. The number of aromatic nitrogens is 1. The largest absolute Gasteiger partial charge is 0.360 e. The Morgan fingerprint density at radius 3 is 2.78 bits per heavy atom. The van der Waals surface area contributed by atoms with Gasteiger partial charge in [-0.3, -0.25) is 4.79 Å². The summed E-state index contributed by atoms with van der Waals surface area (Å²) >= 11 is 0. The molecular formula is C19H22N2O2. The highest BCUT2D eigenvalue weighted by atomic mass is 16.5. The van der Waals surface area contributed by atoms with Gasteiger partial charge < -0.3 is 9.42 Å². The minimum Gasteiger partial charge on any atom is -0.360 e. The summed E-state index contributed by atoms with van der Waals surface area (Å²) in [6.45, 7) is 2.96. The molecule has 4 heteroatoms. The van der Waals surface area contributed by atoms with E-state index in [4.69, 9.17) is 4.52 Å². The smallest absolute Gasteiger partial charge is 0.276 e. The van der Waals surface area contributed by atoms with E-state index in [0.29, 0.717) is 17.5 Å². The lowest BCUT2D eigenvalue weighted by molar-refractivity contribution is 0.0721. The molecule has 2 atom stereocenters. The van der Waals surface area contributed by atoms with Crippen LogP contribution >= 0.6 is 0 Å². The van der Waals surface area contributed by atoms with Crippen molar-refractivity contribution < 1.29 is 9.32 Å². The summed E-state index contributed by atoms with van der Waals surface area (Å²) in [6.07, 6.45) is 4.39. The molecule has 1 aliphatic heterocycles. The van der Waals surface area contributed by atoms with Crippen molar-refractivity contribution in [2.24, 2.45) is 5.92 Å². The highest BCUT2D eigenvalue weighted by Gasteiger charge is 2.36. The molecule has 0 radical (unpaired) electrons. The standard InChI is InChI=1S/C19H22N2O2/c1-13-16(11-14-5-3-2-4-6-14)9-10-21(13)19(22)17-12-18(23-20-17)15-7-8-15/h2-6,12-13,15-16H,7-11H2,1H3/t13-,16-/m0/s1. The number of rotatable bonds is 4. The number of amides is 1. The molecule has 0 unspecified atom stereocenters. The highest BCUT2D eigenvalue weighted by molar-refractivity contribution is 5.92. The monoisotopic (exact) mass is 310 g/mol. The predicted molar refractivity (Wildman–Crippen MR) is 87.2 cm³/mol. The Balaban J connectivity index is 1.43. The molecule has 4 rings (SSSR count). The van der Waals surface area contributed by atoms with E-state index in [2.05, 4.69) is 36.3 Å². The normalized spacial score (nSPS) is 24.1. The van der Waals surface area contributed by atoms with Crippen molar-refractivity contribution >= 4 is 5.91 Å². The maximum atomic E-state index is 12.7. The molecule has 0 spiro atoms. The Morgan fingerprint density at radius 2 is 2.04 bits per heavy atom. The van der Waals surface area contributed by atoms with Gasteiger partial charge in [0.25, 0.3) is 5.91 Å². The zero-order chi connectivity index (χ0) is 15.8. The van der Waals surface area contributed by atoms with Crippen LogP contribution in [0.15, 0.2) is 40.9 Å². The number of nitrogens with zero attached hydrogens (tertiary/aromatic N) is 2. The molecule has 120 valence electrons. The van der Waals surface area contributed by atoms with Gasteiger partial charge in [0.2, 0.25) is 0 Å². The Bertz CT molecular complexity index is 690. The quantitative estimate of drug-likeness (QED) is 0.866. The molecule has 2 aromatic rings. The van der Waals surface area contributed by atoms with E-state index in [9.17, 15) is 4.79 Å². The van der Waals surface area contributed by atoms with E-state index >= 15 is 0 Å². The lowest BCUT2D eigenvalue weighted by Crippen LogP contribution is -2.36. The van der Waals surface area contributed by atoms with Crippen LogP contribution in [0.2, 0.25) is 0 Å². The first-order valence-corrected chi connectivity index (χ1v) is 8.54. The van der Waals surface area contributed by atoms with Crippen LogP contribution in [0.1, 0.15) is 53.9 Å². The van der Waals surface area contributed by atoms with Crippen LogP contribution < -0.4 is 0 Å². The van der Waals surface area contributed by atoms with E-state index in [1.165, 1.54) is 5.56 Å². The van der Waals surface area contributed by atoms with Crippen molar-refractivity contribution in [3.8, 4) is 0 Å². The van der Waals surface area contributed by atoms with Crippen LogP contribution in [0.3, 0.4) is 0 Å². The maximum absolute atomic E-state index is 12.7. The molecule has 2 aliphatic rings. The summed E-state index contributed by atoms with van der Waals surface area (Å²) in [5, 5.41) is 4.00. The summed E-state index contributed by atoms with van der Waals surface area (Å²) in [6, 6.07) is 12.6. The SMILES string of the molecule is C[C@H]1[C@H](Cc2ccccc2)CCN1C(=O)c1cc(C2CC2)on1. The van der Waals surface area contributed by atoms with Crippen molar-refractivity contribution in [1.82, 2.24) is 10.1 Å².